The zero-order valence-electron chi connectivity index (χ0n) is 13.5. The lowest BCUT2D eigenvalue weighted by atomic mass is 10.0. The molecular formula is C19H16ClN3O2. The lowest BCUT2D eigenvalue weighted by Gasteiger charge is -2.07. The summed E-state index contributed by atoms with van der Waals surface area (Å²) in [5, 5.41) is 15.4. The van der Waals surface area contributed by atoms with Crippen molar-refractivity contribution >= 4 is 34.8 Å². The number of rotatable bonds is 5. The van der Waals surface area contributed by atoms with Crippen LogP contribution in [0.15, 0.2) is 76.8 Å². The molecule has 0 spiro atoms. The molecule has 0 atom stereocenters. The zero-order valence-corrected chi connectivity index (χ0v) is 14.2. The number of hydrogen-bond acceptors (Lipinski definition) is 4. The lowest BCUT2D eigenvalue weighted by Crippen LogP contribution is -2.15. The second kappa shape index (κ2) is 8.70. The predicted molar refractivity (Wildman–Crippen MR) is 99.9 cm³/mol. The van der Waals surface area contributed by atoms with E-state index >= 15 is 0 Å². The van der Waals surface area contributed by atoms with E-state index in [1.165, 1.54) is 0 Å². The molecule has 126 valence electrons. The molecule has 2 N–H and O–H groups in total. The molecule has 0 fully saturated rings. The Hall–Kier alpha value is -3.05. The Kier molecular flexibility index (Phi) is 6.37. The summed E-state index contributed by atoms with van der Waals surface area (Å²) in [5.41, 5.74) is 1.75. The van der Waals surface area contributed by atoms with Gasteiger partial charge in [-0.15, -0.1) is 0 Å². The summed E-state index contributed by atoms with van der Waals surface area (Å²) in [7, 11) is 1.16. The third-order valence-electron chi connectivity index (χ3n) is 3.22. The van der Waals surface area contributed by atoms with Gasteiger partial charge in [0.1, 0.15) is 5.84 Å². The summed E-state index contributed by atoms with van der Waals surface area (Å²) in [4.78, 5) is 15.6. The van der Waals surface area contributed by atoms with Crippen LogP contribution < -0.4 is 0 Å². The van der Waals surface area contributed by atoms with Gasteiger partial charge in [-0.2, -0.15) is 0 Å². The summed E-state index contributed by atoms with van der Waals surface area (Å²) in [6.45, 7) is 0. The minimum absolute atomic E-state index is 0.179. The van der Waals surface area contributed by atoms with E-state index in [9.17, 15) is 4.79 Å². The van der Waals surface area contributed by atoms with Gasteiger partial charge in [-0.3, -0.25) is 10.8 Å². The Morgan fingerprint density at radius 1 is 1.00 bits per heavy atom. The van der Waals surface area contributed by atoms with Crippen LogP contribution in [0.4, 0.5) is 0 Å². The largest absolute Gasteiger partial charge is 0.464 e. The molecular weight excluding hydrogens is 338 g/mol. The fraction of sp³-hybridized carbons (Fsp3) is 0.0526. The average molecular weight is 354 g/mol. The first kappa shape index (κ1) is 18.3. The van der Waals surface area contributed by atoms with Gasteiger partial charge in [0.15, 0.2) is 5.71 Å². The third-order valence-corrected chi connectivity index (χ3v) is 3.52. The maximum Gasteiger partial charge on any atom is 0.357 e. The van der Waals surface area contributed by atoms with Gasteiger partial charge < -0.3 is 4.74 Å². The molecule has 0 unspecified atom stereocenters. The quantitative estimate of drug-likeness (QED) is 0.486. The molecule has 5 nitrogen and oxygen atoms in total. The maximum absolute atomic E-state index is 11.3. The Bertz CT molecular complexity index is 802. The van der Waals surface area contributed by atoms with Crippen LogP contribution in [0, 0.1) is 10.8 Å². The van der Waals surface area contributed by atoms with E-state index in [1.54, 1.807) is 0 Å². The first-order chi connectivity index (χ1) is 12.0. The van der Waals surface area contributed by atoms with E-state index in [1.807, 2.05) is 60.7 Å². The van der Waals surface area contributed by atoms with E-state index in [0.29, 0.717) is 5.71 Å². The highest BCUT2D eigenvalue weighted by Gasteiger charge is 2.14. The minimum atomic E-state index is -0.871. The van der Waals surface area contributed by atoms with Gasteiger partial charge in [-0.25, -0.2) is 9.79 Å². The molecule has 2 rings (SSSR count). The number of carbonyl (C=O) groups is 1. The summed E-state index contributed by atoms with van der Waals surface area (Å²) in [6, 6.07) is 18.9. The van der Waals surface area contributed by atoms with Crippen LogP contribution in [-0.2, 0) is 9.53 Å². The molecule has 0 aliphatic heterocycles. The third kappa shape index (κ3) is 4.96. The van der Waals surface area contributed by atoms with Gasteiger partial charge in [0.25, 0.3) is 0 Å². The highest BCUT2D eigenvalue weighted by molar-refractivity contribution is 6.58. The van der Waals surface area contributed by atoms with Crippen molar-refractivity contribution in [2.24, 2.45) is 4.99 Å². The molecule has 0 aliphatic rings. The number of benzene rings is 2. The van der Waals surface area contributed by atoms with Crippen LogP contribution in [0.5, 0.6) is 0 Å². The molecule has 2 aromatic carbocycles. The van der Waals surface area contributed by atoms with Crippen LogP contribution in [-0.4, -0.2) is 30.3 Å². The standard InChI is InChI=1S/C19H16ClN3O2/c1-25-19(24)17(22)15(20)12-16(21)23-18(13-8-4-2-5-9-13)14-10-6-3-7-11-14/h2-12,21-22H,1H3/b15-12+,21-16?,22-17?. The molecule has 0 aromatic heterocycles. The van der Waals surface area contributed by atoms with Gasteiger partial charge >= 0.3 is 5.97 Å². The molecule has 25 heavy (non-hydrogen) atoms. The van der Waals surface area contributed by atoms with E-state index < -0.39 is 11.7 Å². The van der Waals surface area contributed by atoms with Gasteiger partial charge in [-0.05, 0) is 0 Å². The SMILES string of the molecule is COC(=O)C(=N)/C(Cl)=C\C(=N)N=C(c1ccccc1)c1ccccc1. The van der Waals surface area contributed by atoms with Gasteiger partial charge in [0.2, 0.25) is 0 Å². The first-order valence-corrected chi connectivity index (χ1v) is 7.73. The molecule has 2 aromatic rings. The van der Waals surface area contributed by atoms with Crippen molar-refractivity contribution in [2.75, 3.05) is 7.11 Å². The smallest absolute Gasteiger partial charge is 0.357 e. The summed E-state index contributed by atoms with van der Waals surface area (Å²) >= 11 is 5.90. The highest BCUT2D eigenvalue weighted by atomic mass is 35.5. The van der Waals surface area contributed by atoms with E-state index in [0.717, 1.165) is 24.3 Å². The Morgan fingerprint density at radius 3 is 1.92 bits per heavy atom. The van der Waals surface area contributed by atoms with Crippen LogP contribution in [0.2, 0.25) is 0 Å². The molecule has 0 amide bonds. The number of hydrogen-bond donors (Lipinski definition) is 2. The molecule has 0 saturated heterocycles. The topological polar surface area (TPSA) is 86.4 Å². The number of methoxy groups -OCH3 is 1. The number of nitrogens with zero attached hydrogens (tertiary/aromatic N) is 1. The summed E-state index contributed by atoms with van der Waals surface area (Å²) < 4.78 is 4.44. The molecule has 0 saturated carbocycles. The number of amidine groups is 1. The maximum atomic E-state index is 11.3. The second-order valence-corrected chi connectivity index (χ2v) is 5.34. The monoisotopic (exact) mass is 353 g/mol. The average Bonchev–Trinajstić information content (AvgIpc) is 2.66. The summed E-state index contributed by atoms with van der Waals surface area (Å²) in [6.07, 6.45) is 1.15. The van der Waals surface area contributed by atoms with E-state index in [-0.39, 0.29) is 10.9 Å². The van der Waals surface area contributed by atoms with Crippen LogP contribution in [0.1, 0.15) is 11.1 Å². The van der Waals surface area contributed by atoms with Crippen molar-refractivity contribution in [3.8, 4) is 0 Å². The normalized spacial score (nSPS) is 10.7. The van der Waals surface area contributed by atoms with Crippen molar-refractivity contribution in [2.45, 2.75) is 0 Å². The minimum Gasteiger partial charge on any atom is -0.464 e. The first-order valence-electron chi connectivity index (χ1n) is 7.35. The van der Waals surface area contributed by atoms with Crippen molar-refractivity contribution in [3.63, 3.8) is 0 Å². The number of ether oxygens (including phenoxy) is 1. The van der Waals surface area contributed by atoms with Crippen molar-refractivity contribution in [1.29, 1.82) is 10.8 Å². The van der Waals surface area contributed by atoms with Crippen LogP contribution >= 0.6 is 11.6 Å². The molecule has 0 heterocycles. The van der Waals surface area contributed by atoms with Gasteiger partial charge in [-0.1, -0.05) is 72.3 Å². The number of aliphatic imine (C=N–C) groups is 1. The second-order valence-electron chi connectivity index (χ2n) is 4.94. The molecule has 0 aliphatic carbocycles. The van der Waals surface area contributed by atoms with E-state index in [4.69, 9.17) is 22.4 Å². The molecule has 0 bridgehead atoms. The van der Waals surface area contributed by atoms with Crippen LogP contribution in [0.25, 0.3) is 0 Å². The zero-order chi connectivity index (χ0) is 18.2. The van der Waals surface area contributed by atoms with Crippen LogP contribution in [0.3, 0.4) is 0 Å². The van der Waals surface area contributed by atoms with Crippen molar-refractivity contribution < 1.29 is 9.53 Å². The van der Waals surface area contributed by atoms with Crippen molar-refractivity contribution in [3.05, 3.63) is 82.9 Å². The highest BCUT2D eigenvalue weighted by Crippen LogP contribution is 2.12. The fourth-order valence-corrected chi connectivity index (χ4v) is 2.21. The molecule has 6 heteroatoms. The lowest BCUT2D eigenvalue weighted by molar-refractivity contribution is -0.132. The van der Waals surface area contributed by atoms with Gasteiger partial charge in [0.05, 0.1) is 17.9 Å². The van der Waals surface area contributed by atoms with Crippen molar-refractivity contribution in [1.82, 2.24) is 0 Å². The number of esters is 1. The molecule has 0 radical (unpaired) electrons. The number of halogens is 1. The Labute approximate surface area is 150 Å². The Morgan fingerprint density at radius 2 is 1.48 bits per heavy atom. The Balaban J connectivity index is 2.39. The summed E-state index contributed by atoms with van der Waals surface area (Å²) in [5.74, 6) is -1.05. The van der Waals surface area contributed by atoms with E-state index in [2.05, 4.69) is 9.73 Å². The predicted octanol–water partition coefficient (Wildman–Crippen LogP) is 3.82. The fourth-order valence-electron chi connectivity index (χ4n) is 2.03. The van der Waals surface area contributed by atoms with Gasteiger partial charge in [0, 0.05) is 17.2 Å². The number of carbonyl (C=O) groups excluding carboxylic acids is 1. The number of nitrogens with one attached hydrogen (secondary N) is 2.